The second kappa shape index (κ2) is 8.86. The van der Waals surface area contributed by atoms with Gasteiger partial charge in [0.15, 0.2) is 5.13 Å². The molecule has 0 fully saturated rings. The number of anilines is 1. The zero-order chi connectivity index (χ0) is 18.4. The van der Waals surface area contributed by atoms with Crippen LogP contribution in [-0.2, 0) is 22.5 Å². The fraction of sp³-hybridized carbons (Fsp3) is 0.688. The smallest absolute Gasteiger partial charge is 0.407 e. The first-order chi connectivity index (χ1) is 11.7. The summed E-state index contributed by atoms with van der Waals surface area (Å²) in [6.45, 7) is 7.82. The molecule has 1 aromatic heterocycles. The summed E-state index contributed by atoms with van der Waals surface area (Å²) in [7, 11) is 2.09. The number of ether oxygens (including phenoxy) is 1. The highest BCUT2D eigenvalue weighted by Gasteiger charge is 2.19. The van der Waals surface area contributed by atoms with Gasteiger partial charge in [-0.2, -0.15) is 11.8 Å². The molecule has 140 valence electrons. The molecule has 7 nitrogen and oxygen atoms in total. The van der Waals surface area contributed by atoms with E-state index in [0.717, 1.165) is 25.2 Å². The third kappa shape index (κ3) is 7.21. The topological polar surface area (TPSA) is 83.6 Å². The SMILES string of the molecule is CN1CCc2nc(NC(=O)CSCCNC(=O)OC(C)(C)C)sc2C1. The van der Waals surface area contributed by atoms with Crippen molar-refractivity contribution in [2.75, 3.05) is 37.0 Å². The molecule has 25 heavy (non-hydrogen) atoms. The zero-order valence-electron chi connectivity index (χ0n) is 15.2. The number of nitrogens with one attached hydrogen (secondary N) is 2. The van der Waals surface area contributed by atoms with E-state index >= 15 is 0 Å². The van der Waals surface area contributed by atoms with E-state index in [1.54, 1.807) is 11.3 Å². The van der Waals surface area contributed by atoms with E-state index < -0.39 is 11.7 Å². The first kappa shape index (κ1) is 20.0. The van der Waals surface area contributed by atoms with Crippen molar-refractivity contribution in [2.24, 2.45) is 0 Å². The van der Waals surface area contributed by atoms with E-state index in [0.29, 0.717) is 23.2 Å². The van der Waals surface area contributed by atoms with E-state index in [-0.39, 0.29) is 5.91 Å². The molecule has 1 aliphatic heterocycles. The number of nitrogens with zero attached hydrogens (tertiary/aromatic N) is 2. The molecular weight excluding hydrogens is 360 g/mol. The number of aromatic nitrogens is 1. The van der Waals surface area contributed by atoms with Crippen LogP contribution < -0.4 is 10.6 Å². The maximum atomic E-state index is 12.0. The number of carbonyl (C=O) groups excluding carboxylic acids is 2. The third-order valence-electron chi connectivity index (χ3n) is 3.32. The Morgan fingerprint density at radius 1 is 1.40 bits per heavy atom. The van der Waals surface area contributed by atoms with Crippen LogP contribution in [0, 0.1) is 0 Å². The zero-order valence-corrected chi connectivity index (χ0v) is 16.8. The number of amides is 2. The Morgan fingerprint density at radius 2 is 2.16 bits per heavy atom. The molecule has 0 unspecified atom stereocenters. The molecule has 0 atom stereocenters. The van der Waals surface area contributed by atoms with Crippen LogP contribution in [0.25, 0.3) is 0 Å². The summed E-state index contributed by atoms with van der Waals surface area (Å²) < 4.78 is 5.14. The Morgan fingerprint density at radius 3 is 2.88 bits per heavy atom. The van der Waals surface area contributed by atoms with Gasteiger partial charge in [0.25, 0.3) is 0 Å². The predicted molar refractivity (Wildman–Crippen MR) is 102 cm³/mol. The minimum atomic E-state index is -0.501. The molecule has 0 aromatic carbocycles. The normalized spacial score (nSPS) is 14.7. The van der Waals surface area contributed by atoms with E-state index in [4.69, 9.17) is 4.74 Å². The minimum Gasteiger partial charge on any atom is -0.444 e. The number of carbonyl (C=O) groups is 2. The Balaban J connectivity index is 1.62. The lowest BCUT2D eigenvalue weighted by molar-refractivity contribution is -0.113. The summed E-state index contributed by atoms with van der Waals surface area (Å²) in [6, 6.07) is 0. The predicted octanol–water partition coefficient (Wildman–Crippen LogP) is 2.33. The summed E-state index contributed by atoms with van der Waals surface area (Å²) in [5, 5.41) is 6.21. The lowest BCUT2D eigenvalue weighted by Crippen LogP contribution is -2.33. The minimum absolute atomic E-state index is 0.0679. The number of hydrogen-bond donors (Lipinski definition) is 2. The van der Waals surface area contributed by atoms with Crippen LogP contribution in [0.5, 0.6) is 0 Å². The quantitative estimate of drug-likeness (QED) is 0.730. The number of rotatable bonds is 6. The van der Waals surface area contributed by atoms with Crippen LogP contribution in [0.15, 0.2) is 0 Å². The lowest BCUT2D eigenvalue weighted by Gasteiger charge is -2.20. The van der Waals surface area contributed by atoms with E-state index in [1.165, 1.54) is 16.6 Å². The standard InChI is InChI=1S/C16H26N4O3S2/c1-16(2,3)23-15(22)17-6-8-24-10-13(21)19-14-18-11-5-7-20(4)9-12(11)25-14/h5-10H2,1-4H3,(H,17,22)(H,18,19,21). The Labute approximate surface area is 156 Å². The van der Waals surface area contributed by atoms with Crippen molar-refractivity contribution in [3.05, 3.63) is 10.6 Å². The van der Waals surface area contributed by atoms with Crippen molar-refractivity contribution in [1.29, 1.82) is 0 Å². The van der Waals surface area contributed by atoms with Crippen LogP contribution in [0.2, 0.25) is 0 Å². The Kier molecular flexibility index (Phi) is 7.09. The van der Waals surface area contributed by atoms with Gasteiger partial charge in [-0.15, -0.1) is 11.3 Å². The summed E-state index contributed by atoms with van der Waals surface area (Å²) in [5.74, 6) is 0.910. The second-order valence-electron chi connectivity index (χ2n) is 6.91. The van der Waals surface area contributed by atoms with Crippen LogP contribution in [0.1, 0.15) is 31.3 Å². The van der Waals surface area contributed by atoms with Gasteiger partial charge in [0.2, 0.25) is 5.91 Å². The number of thiazole rings is 1. The first-order valence-electron chi connectivity index (χ1n) is 8.24. The van der Waals surface area contributed by atoms with Gasteiger partial charge in [0.05, 0.1) is 11.4 Å². The van der Waals surface area contributed by atoms with Gasteiger partial charge in [-0.3, -0.25) is 4.79 Å². The van der Waals surface area contributed by atoms with Crippen LogP contribution in [-0.4, -0.2) is 59.1 Å². The van der Waals surface area contributed by atoms with Gasteiger partial charge in [0, 0.05) is 36.7 Å². The van der Waals surface area contributed by atoms with Crippen molar-refractivity contribution in [3.63, 3.8) is 0 Å². The lowest BCUT2D eigenvalue weighted by atomic mass is 10.2. The second-order valence-corrected chi connectivity index (χ2v) is 9.09. The molecule has 2 rings (SSSR count). The molecule has 2 N–H and O–H groups in total. The Bertz CT molecular complexity index is 613. The van der Waals surface area contributed by atoms with Gasteiger partial charge >= 0.3 is 6.09 Å². The fourth-order valence-electron chi connectivity index (χ4n) is 2.24. The van der Waals surface area contributed by atoms with Crippen molar-refractivity contribution < 1.29 is 14.3 Å². The van der Waals surface area contributed by atoms with E-state index in [9.17, 15) is 9.59 Å². The van der Waals surface area contributed by atoms with E-state index in [1.807, 2.05) is 20.8 Å². The number of likely N-dealkylation sites (N-methyl/N-ethyl adjacent to an activating group) is 1. The number of fused-ring (bicyclic) bond motifs is 1. The molecule has 0 aliphatic carbocycles. The largest absolute Gasteiger partial charge is 0.444 e. The monoisotopic (exact) mass is 386 g/mol. The highest BCUT2D eigenvalue weighted by atomic mass is 32.2. The molecule has 1 aliphatic rings. The molecular formula is C16H26N4O3S2. The van der Waals surface area contributed by atoms with Crippen LogP contribution in [0.4, 0.5) is 9.93 Å². The molecule has 2 amide bonds. The van der Waals surface area contributed by atoms with Gasteiger partial charge in [-0.1, -0.05) is 0 Å². The molecule has 0 radical (unpaired) electrons. The molecule has 0 saturated heterocycles. The highest BCUT2D eigenvalue weighted by molar-refractivity contribution is 7.99. The van der Waals surface area contributed by atoms with Crippen LogP contribution in [0.3, 0.4) is 0 Å². The van der Waals surface area contributed by atoms with Crippen molar-refractivity contribution in [1.82, 2.24) is 15.2 Å². The van der Waals surface area contributed by atoms with E-state index in [2.05, 4.69) is 27.6 Å². The molecule has 0 saturated carbocycles. The summed E-state index contributed by atoms with van der Waals surface area (Å²) in [6.07, 6.45) is 0.499. The summed E-state index contributed by atoms with van der Waals surface area (Å²) in [4.78, 5) is 31.5. The molecule has 9 heteroatoms. The summed E-state index contributed by atoms with van der Waals surface area (Å²) >= 11 is 3.01. The fourth-order valence-corrected chi connectivity index (χ4v) is 3.99. The average molecular weight is 387 g/mol. The maximum absolute atomic E-state index is 12.0. The van der Waals surface area contributed by atoms with Gasteiger partial charge in [-0.25, -0.2) is 9.78 Å². The average Bonchev–Trinajstić information content (AvgIpc) is 2.86. The number of alkyl carbamates (subject to hydrolysis) is 1. The molecule has 0 spiro atoms. The highest BCUT2D eigenvalue weighted by Crippen LogP contribution is 2.27. The maximum Gasteiger partial charge on any atom is 0.407 e. The van der Waals surface area contributed by atoms with Gasteiger partial charge in [0.1, 0.15) is 5.60 Å². The van der Waals surface area contributed by atoms with Crippen molar-refractivity contribution >= 4 is 40.2 Å². The van der Waals surface area contributed by atoms with Crippen LogP contribution >= 0.6 is 23.1 Å². The number of thioether (sulfide) groups is 1. The number of hydrogen-bond acceptors (Lipinski definition) is 7. The van der Waals surface area contributed by atoms with Gasteiger partial charge in [-0.05, 0) is 27.8 Å². The van der Waals surface area contributed by atoms with Crippen molar-refractivity contribution in [2.45, 2.75) is 39.3 Å². The third-order valence-corrected chi connectivity index (χ3v) is 5.27. The summed E-state index contributed by atoms with van der Waals surface area (Å²) in [5.41, 5.74) is 0.603. The first-order valence-corrected chi connectivity index (χ1v) is 10.2. The Hall–Kier alpha value is -1.32. The molecule has 1 aromatic rings. The van der Waals surface area contributed by atoms with Crippen molar-refractivity contribution in [3.8, 4) is 0 Å². The van der Waals surface area contributed by atoms with Gasteiger partial charge < -0.3 is 20.3 Å². The molecule has 2 heterocycles. The molecule has 0 bridgehead atoms.